The van der Waals surface area contributed by atoms with Gasteiger partial charge in [-0.3, -0.25) is 0 Å². The standard InChI is InChI=1S/C5H7S2/c1-3-5-7-6-4-2/h1H,2,4-5H2. The molecule has 7 heavy (non-hydrogen) atoms. The van der Waals surface area contributed by atoms with Crippen LogP contribution in [-0.2, 0) is 0 Å². The van der Waals surface area contributed by atoms with Crippen molar-refractivity contribution >= 4 is 21.6 Å². The zero-order valence-electron chi connectivity index (χ0n) is 4.02. The van der Waals surface area contributed by atoms with Gasteiger partial charge in [0.25, 0.3) is 0 Å². The van der Waals surface area contributed by atoms with E-state index in [4.69, 9.17) is 6.42 Å². The molecule has 0 aromatic carbocycles. The quantitative estimate of drug-likeness (QED) is 0.325. The molecule has 0 N–H and O–H groups in total. The highest BCUT2D eigenvalue weighted by Gasteiger charge is 1.78. The first-order valence-electron chi connectivity index (χ1n) is 1.89. The normalized spacial score (nSPS) is 8.00. The van der Waals surface area contributed by atoms with Crippen LogP contribution in [0.25, 0.3) is 0 Å². The van der Waals surface area contributed by atoms with Crippen molar-refractivity contribution in [3.63, 3.8) is 0 Å². The molecule has 0 aliphatic rings. The van der Waals surface area contributed by atoms with E-state index in [1.165, 1.54) is 0 Å². The molecule has 0 atom stereocenters. The van der Waals surface area contributed by atoms with E-state index in [1.807, 2.05) is 0 Å². The SMILES string of the molecule is C#CCSSC[CH2]. The highest BCUT2D eigenvalue weighted by Crippen LogP contribution is 2.18. The molecule has 0 saturated carbocycles. The summed E-state index contributed by atoms with van der Waals surface area (Å²) in [6, 6.07) is 0. The maximum absolute atomic E-state index is 4.96. The zero-order valence-corrected chi connectivity index (χ0v) is 5.65. The van der Waals surface area contributed by atoms with Crippen molar-refractivity contribution in [2.24, 2.45) is 0 Å². The van der Waals surface area contributed by atoms with Gasteiger partial charge in [-0.25, -0.2) is 0 Å². The van der Waals surface area contributed by atoms with Gasteiger partial charge in [-0.15, -0.1) is 6.42 Å². The molecular formula is C5H7S2. The summed E-state index contributed by atoms with van der Waals surface area (Å²) in [5.74, 6) is 4.20. The van der Waals surface area contributed by atoms with E-state index >= 15 is 0 Å². The first-order chi connectivity index (χ1) is 3.41. The molecule has 0 aliphatic heterocycles. The van der Waals surface area contributed by atoms with Crippen molar-refractivity contribution in [3.8, 4) is 12.3 Å². The van der Waals surface area contributed by atoms with E-state index in [2.05, 4.69) is 12.8 Å². The summed E-state index contributed by atoms with van der Waals surface area (Å²) in [6.07, 6.45) is 4.96. The van der Waals surface area contributed by atoms with E-state index in [1.54, 1.807) is 21.6 Å². The Bertz CT molecular complexity index is 63.0. The van der Waals surface area contributed by atoms with Crippen LogP contribution >= 0.6 is 21.6 Å². The molecule has 0 spiro atoms. The largest absolute Gasteiger partial charge is 0.119 e. The van der Waals surface area contributed by atoms with Crippen molar-refractivity contribution in [2.75, 3.05) is 11.5 Å². The van der Waals surface area contributed by atoms with Gasteiger partial charge in [0.1, 0.15) is 0 Å². The summed E-state index contributed by atoms with van der Waals surface area (Å²) in [7, 11) is 3.37. The maximum atomic E-state index is 4.96. The topological polar surface area (TPSA) is 0 Å². The van der Waals surface area contributed by atoms with Gasteiger partial charge < -0.3 is 0 Å². The Hall–Kier alpha value is 0.260. The predicted octanol–water partition coefficient (Wildman–Crippen LogP) is 1.84. The fourth-order valence-corrected chi connectivity index (χ4v) is 1.21. The Morgan fingerprint density at radius 3 is 2.71 bits per heavy atom. The lowest BCUT2D eigenvalue weighted by atomic mass is 10.8. The maximum Gasteiger partial charge on any atom is 0.0648 e. The number of rotatable bonds is 3. The third-order valence-electron chi connectivity index (χ3n) is 0.309. The Morgan fingerprint density at radius 1 is 1.57 bits per heavy atom. The summed E-state index contributed by atoms with van der Waals surface area (Å²) in [5.41, 5.74) is 0. The Labute approximate surface area is 52.8 Å². The second kappa shape index (κ2) is 6.26. The third kappa shape index (κ3) is 6.26. The highest BCUT2D eigenvalue weighted by atomic mass is 33.1. The first-order valence-corrected chi connectivity index (χ1v) is 4.37. The summed E-state index contributed by atoms with van der Waals surface area (Å²) in [5, 5.41) is 0. The molecule has 0 rings (SSSR count). The molecule has 0 unspecified atom stereocenters. The van der Waals surface area contributed by atoms with Crippen LogP contribution in [0, 0.1) is 19.3 Å². The molecule has 0 bridgehead atoms. The van der Waals surface area contributed by atoms with Crippen LogP contribution in [0.5, 0.6) is 0 Å². The van der Waals surface area contributed by atoms with Crippen molar-refractivity contribution in [1.29, 1.82) is 0 Å². The van der Waals surface area contributed by atoms with Crippen molar-refractivity contribution in [1.82, 2.24) is 0 Å². The molecule has 0 heterocycles. The van der Waals surface area contributed by atoms with Crippen LogP contribution in [-0.4, -0.2) is 11.5 Å². The van der Waals surface area contributed by atoms with Crippen LogP contribution in [0.2, 0.25) is 0 Å². The Balaban J connectivity index is 2.60. The molecule has 39 valence electrons. The minimum atomic E-state index is 0.792. The second-order valence-corrected chi connectivity index (χ2v) is 3.37. The van der Waals surface area contributed by atoms with E-state index in [0.29, 0.717) is 0 Å². The molecule has 0 fully saturated rings. The lowest BCUT2D eigenvalue weighted by Crippen LogP contribution is -1.63. The van der Waals surface area contributed by atoms with Crippen molar-refractivity contribution in [3.05, 3.63) is 6.92 Å². The molecule has 0 amide bonds. The molecule has 0 saturated heterocycles. The first kappa shape index (κ1) is 7.26. The number of hydrogen-bond acceptors (Lipinski definition) is 2. The summed E-state index contributed by atoms with van der Waals surface area (Å²) in [4.78, 5) is 0. The average molecular weight is 131 g/mol. The predicted molar refractivity (Wildman–Crippen MR) is 39.1 cm³/mol. The fourth-order valence-electron chi connectivity index (χ4n) is 0.135. The summed E-state index contributed by atoms with van der Waals surface area (Å²) < 4.78 is 0. The molecule has 0 aromatic rings. The van der Waals surface area contributed by atoms with Crippen molar-refractivity contribution < 1.29 is 0 Å². The third-order valence-corrected chi connectivity index (χ3v) is 2.28. The number of terminal acetylenes is 1. The van der Waals surface area contributed by atoms with Crippen molar-refractivity contribution in [2.45, 2.75) is 0 Å². The van der Waals surface area contributed by atoms with Crippen LogP contribution in [0.4, 0.5) is 0 Å². The summed E-state index contributed by atoms with van der Waals surface area (Å²) in [6.45, 7) is 3.63. The van der Waals surface area contributed by atoms with E-state index < -0.39 is 0 Å². The van der Waals surface area contributed by atoms with Crippen LogP contribution in [0.15, 0.2) is 0 Å². The molecule has 0 aliphatic carbocycles. The second-order valence-electron chi connectivity index (χ2n) is 0.788. The van der Waals surface area contributed by atoms with Crippen LogP contribution in [0.3, 0.4) is 0 Å². The van der Waals surface area contributed by atoms with E-state index in [0.717, 1.165) is 11.5 Å². The Kier molecular flexibility index (Phi) is 6.49. The molecule has 0 nitrogen and oxygen atoms in total. The minimum absolute atomic E-state index is 0.792. The van der Waals surface area contributed by atoms with E-state index in [9.17, 15) is 0 Å². The summed E-state index contributed by atoms with van der Waals surface area (Å²) >= 11 is 0. The monoisotopic (exact) mass is 131 g/mol. The molecular weight excluding hydrogens is 124 g/mol. The van der Waals surface area contributed by atoms with Gasteiger partial charge in [-0.1, -0.05) is 27.5 Å². The van der Waals surface area contributed by atoms with Crippen LogP contribution < -0.4 is 0 Å². The Morgan fingerprint density at radius 2 is 2.29 bits per heavy atom. The lowest BCUT2D eigenvalue weighted by molar-refractivity contribution is 1.85. The van der Waals surface area contributed by atoms with Gasteiger partial charge in [0.2, 0.25) is 0 Å². The van der Waals surface area contributed by atoms with Crippen LogP contribution in [0.1, 0.15) is 0 Å². The van der Waals surface area contributed by atoms with Gasteiger partial charge >= 0.3 is 0 Å². The van der Waals surface area contributed by atoms with Gasteiger partial charge in [0, 0.05) is 5.75 Å². The van der Waals surface area contributed by atoms with E-state index in [-0.39, 0.29) is 0 Å². The minimum Gasteiger partial charge on any atom is -0.119 e. The lowest BCUT2D eigenvalue weighted by Gasteiger charge is -1.86. The van der Waals surface area contributed by atoms with Gasteiger partial charge in [0.15, 0.2) is 0 Å². The zero-order chi connectivity index (χ0) is 5.54. The molecule has 2 heteroatoms. The van der Waals surface area contributed by atoms with Gasteiger partial charge in [-0.05, 0) is 6.92 Å². The molecule has 1 radical (unpaired) electrons. The average Bonchev–Trinajstić information content (AvgIpc) is 1.69. The van der Waals surface area contributed by atoms with Gasteiger partial charge in [0.05, 0.1) is 5.75 Å². The fraction of sp³-hybridized carbons (Fsp3) is 0.400. The number of hydrogen-bond donors (Lipinski definition) is 0. The molecule has 0 aromatic heterocycles. The highest BCUT2D eigenvalue weighted by molar-refractivity contribution is 8.76. The smallest absolute Gasteiger partial charge is 0.0648 e. The van der Waals surface area contributed by atoms with Gasteiger partial charge in [-0.2, -0.15) is 0 Å².